The molecule has 0 saturated heterocycles. The number of non-ortho nitro benzene ring substituents is 1. The quantitative estimate of drug-likeness (QED) is 0.152. The van der Waals surface area contributed by atoms with Gasteiger partial charge in [-0.05, 0) is 29.8 Å². The molecule has 0 fully saturated rings. The second kappa shape index (κ2) is 12.6. The Hall–Kier alpha value is -4.45. The van der Waals surface area contributed by atoms with Crippen LogP contribution < -0.4 is 21.5 Å². The van der Waals surface area contributed by atoms with Crippen molar-refractivity contribution in [3.63, 3.8) is 0 Å². The topological polar surface area (TPSA) is 178 Å². The number of hydrogen-bond donors (Lipinski definition) is 3. The lowest BCUT2D eigenvalue weighted by Crippen LogP contribution is -2.38. The van der Waals surface area contributed by atoms with E-state index >= 15 is 0 Å². The van der Waals surface area contributed by atoms with Crippen LogP contribution in [0.25, 0.3) is 6.08 Å². The summed E-state index contributed by atoms with van der Waals surface area (Å²) in [5.41, 5.74) is 2.50. The van der Waals surface area contributed by atoms with Gasteiger partial charge in [0.05, 0.1) is 40.5 Å². The molecule has 0 spiro atoms. The predicted octanol–water partition coefficient (Wildman–Crippen LogP) is 2.64. The first kappa shape index (κ1) is 25.8. The summed E-state index contributed by atoms with van der Waals surface area (Å²) in [4.78, 5) is 37.1. The molecule has 2 amide bonds. The van der Waals surface area contributed by atoms with Crippen LogP contribution in [0.4, 0.5) is 11.4 Å². The van der Waals surface area contributed by atoms with Crippen LogP contribution in [0.1, 0.15) is 28.8 Å². The Morgan fingerprint density at radius 1 is 1.12 bits per heavy atom. The molecule has 0 bridgehead atoms. The standard InChI is InChI=1S/C22H20ClN7O4/c23-19-8-7-17(30(33)34)14-18(19)21(31)27-20(22(32)28-26)13-15-3-5-16(6-4-15)29(11-1-9-24)12-2-10-25/h3-8,13-14H,1-2,11-12,26H2,(H,27,31)(H,28,32)/b20-13-. The van der Waals surface area contributed by atoms with Gasteiger partial charge in [0.25, 0.3) is 17.5 Å². The van der Waals surface area contributed by atoms with E-state index in [2.05, 4.69) is 17.5 Å². The van der Waals surface area contributed by atoms with Crippen molar-refractivity contribution in [2.45, 2.75) is 12.8 Å². The molecule has 0 unspecified atom stereocenters. The molecule has 0 aromatic heterocycles. The van der Waals surface area contributed by atoms with Crippen LogP contribution in [0.15, 0.2) is 48.2 Å². The van der Waals surface area contributed by atoms with Crippen LogP contribution in [-0.2, 0) is 4.79 Å². The average Bonchev–Trinajstić information content (AvgIpc) is 2.83. The Kier molecular flexibility index (Phi) is 9.53. The molecule has 12 heteroatoms. The Morgan fingerprint density at radius 3 is 2.26 bits per heavy atom. The highest BCUT2D eigenvalue weighted by molar-refractivity contribution is 6.34. The van der Waals surface area contributed by atoms with Gasteiger partial charge in [-0.3, -0.25) is 25.1 Å². The maximum Gasteiger partial charge on any atom is 0.281 e. The van der Waals surface area contributed by atoms with E-state index in [0.29, 0.717) is 31.5 Å². The van der Waals surface area contributed by atoms with E-state index in [4.69, 9.17) is 28.0 Å². The number of hydrazine groups is 1. The van der Waals surface area contributed by atoms with Crippen molar-refractivity contribution in [1.82, 2.24) is 10.7 Å². The highest BCUT2D eigenvalue weighted by Crippen LogP contribution is 2.23. The number of nitriles is 2. The molecule has 4 N–H and O–H groups in total. The van der Waals surface area contributed by atoms with Crippen molar-refractivity contribution in [2.24, 2.45) is 5.84 Å². The van der Waals surface area contributed by atoms with Crippen LogP contribution in [0.3, 0.4) is 0 Å². The Balaban J connectivity index is 2.30. The smallest absolute Gasteiger partial charge is 0.281 e. The van der Waals surface area contributed by atoms with Gasteiger partial charge in [-0.25, -0.2) is 5.84 Å². The molecule has 0 aliphatic carbocycles. The number of hydrogen-bond acceptors (Lipinski definition) is 8. The Bertz CT molecular complexity index is 1170. The lowest BCUT2D eigenvalue weighted by atomic mass is 10.1. The fraction of sp³-hybridized carbons (Fsp3) is 0.182. The van der Waals surface area contributed by atoms with E-state index in [1.165, 1.54) is 12.1 Å². The number of nitrogens with zero attached hydrogens (tertiary/aromatic N) is 4. The highest BCUT2D eigenvalue weighted by atomic mass is 35.5. The number of benzene rings is 2. The second-order valence-corrected chi connectivity index (χ2v) is 7.21. The summed E-state index contributed by atoms with van der Waals surface area (Å²) in [6.45, 7) is 0.905. The number of nitro benzene ring substituents is 1. The molecular weight excluding hydrogens is 462 g/mol. The number of carbonyl (C=O) groups excluding carboxylic acids is 2. The summed E-state index contributed by atoms with van der Waals surface area (Å²) in [5, 5.41) is 31.0. The van der Waals surface area contributed by atoms with Gasteiger partial charge in [-0.1, -0.05) is 23.7 Å². The minimum Gasteiger partial charge on any atom is -0.369 e. The summed E-state index contributed by atoms with van der Waals surface area (Å²) < 4.78 is 0. The zero-order valence-electron chi connectivity index (χ0n) is 17.8. The number of nitrogens with one attached hydrogen (secondary N) is 2. The number of nitrogens with two attached hydrogens (primary N) is 1. The van der Waals surface area contributed by atoms with Gasteiger partial charge in [0.1, 0.15) is 5.70 Å². The first-order chi connectivity index (χ1) is 16.3. The lowest BCUT2D eigenvalue weighted by Gasteiger charge is -2.22. The number of rotatable bonds is 10. The highest BCUT2D eigenvalue weighted by Gasteiger charge is 2.19. The lowest BCUT2D eigenvalue weighted by molar-refractivity contribution is -0.384. The van der Waals surface area contributed by atoms with Gasteiger partial charge in [0.2, 0.25) is 0 Å². The zero-order chi connectivity index (χ0) is 25.1. The van der Waals surface area contributed by atoms with Crippen LogP contribution in [0, 0.1) is 32.8 Å². The third-order valence-corrected chi connectivity index (χ3v) is 4.92. The summed E-state index contributed by atoms with van der Waals surface area (Å²) in [7, 11) is 0. The molecule has 0 atom stereocenters. The van der Waals surface area contributed by atoms with Crippen molar-refractivity contribution in [3.05, 3.63) is 74.4 Å². The van der Waals surface area contributed by atoms with Crippen molar-refractivity contribution < 1.29 is 14.5 Å². The maximum atomic E-state index is 12.7. The summed E-state index contributed by atoms with van der Waals surface area (Å²) in [5.74, 6) is 3.59. The van der Waals surface area contributed by atoms with Gasteiger partial charge >= 0.3 is 0 Å². The first-order valence-electron chi connectivity index (χ1n) is 9.87. The molecule has 0 radical (unpaired) electrons. The SMILES string of the molecule is N#CCCN(CCC#N)c1ccc(/C=C(\NC(=O)c2cc([N+](=O)[O-])ccc2Cl)C(=O)NN)cc1. The molecule has 2 aromatic rings. The number of amides is 2. The minimum absolute atomic E-state index is 0.0326. The Morgan fingerprint density at radius 2 is 1.74 bits per heavy atom. The minimum atomic E-state index is -0.834. The van der Waals surface area contributed by atoms with Gasteiger partial charge in [0.15, 0.2) is 0 Å². The number of halogens is 1. The van der Waals surface area contributed by atoms with Gasteiger partial charge in [-0.15, -0.1) is 0 Å². The molecule has 34 heavy (non-hydrogen) atoms. The zero-order valence-corrected chi connectivity index (χ0v) is 18.6. The number of anilines is 1. The van der Waals surface area contributed by atoms with Gasteiger partial charge in [-0.2, -0.15) is 10.5 Å². The van der Waals surface area contributed by atoms with E-state index in [1.54, 1.807) is 24.3 Å². The van der Waals surface area contributed by atoms with Gasteiger partial charge in [0, 0.05) is 30.9 Å². The van der Waals surface area contributed by atoms with Crippen molar-refractivity contribution in [1.29, 1.82) is 10.5 Å². The normalized spacial score (nSPS) is 10.5. The fourth-order valence-electron chi connectivity index (χ4n) is 2.91. The molecule has 0 saturated carbocycles. The van der Waals surface area contributed by atoms with E-state index < -0.39 is 16.7 Å². The third kappa shape index (κ3) is 7.03. The molecule has 0 aliphatic rings. The molecule has 0 aliphatic heterocycles. The van der Waals surface area contributed by atoms with E-state index in [1.807, 2.05) is 10.3 Å². The molecule has 11 nitrogen and oxygen atoms in total. The molecule has 0 heterocycles. The monoisotopic (exact) mass is 481 g/mol. The number of nitro groups is 1. The van der Waals surface area contributed by atoms with E-state index in [0.717, 1.165) is 17.8 Å². The second-order valence-electron chi connectivity index (χ2n) is 6.80. The fourth-order valence-corrected chi connectivity index (χ4v) is 3.12. The molecular formula is C22H20ClN7O4. The van der Waals surface area contributed by atoms with Crippen LogP contribution >= 0.6 is 11.6 Å². The molecule has 174 valence electrons. The predicted molar refractivity (Wildman–Crippen MR) is 125 cm³/mol. The first-order valence-corrected chi connectivity index (χ1v) is 10.2. The molecule has 2 aromatic carbocycles. The van der Waals surface area contributed by atoms with Crippen LogP contribution in [-0.4, -0.2) is 29.8 Å². The van der Waals surface area contributed by atoms with Crippen LogP contribution in [0.5, 0.6) is 0 Å². The van der Waals surface area contributed by atoms with Crippen molar-refractivity contribution in [2.75, 3.05) is 18.0 Å². The summed E-state index contributed by atoms with van der Waals surface area (Å²) in [6, 6.07) is 14.4. The van der Waals surface area contributed by atoms with Gasteiger partial charge < -0.3 is 10.2 Å². The average molecular weight is 482 g/mol. The largest absolute Gasteiger partial charge is 0.369 e. The maximum absolute atomic E-state index is 12.7. The summed E-state index contributed by atoms with van der Waals surface area (Å²) in [6.07, 6.45) is 1.95. The van der Waals surface area contributed by atoms with E-state index in [9.17, 15) is 19.7 Å². The van der Waals surface area contributed by atoms with Crippen LogP contribution in [0.2, 0.25) is 5.02 Å². The third-order valence-electron chi connectivity index (χ3n) is 4.59. The number of carbonyl (C=O) groups is 2. The Labute approximate surface area is 200 Å². The van der Waals surface area contributed by atoms with Crippen molar-refractivity contribution >= 4 is 40.9 Å². The summed E-state index contributed by atoms with van der Waals surface area (Å²) >= 11 is 6.00. The van der Waals surface area contributed by atoms with E-state index in [-0.39, 0.29) is 22.0 Å². The van der Waals surface area contributed by atoms with Crippen molar-refractivity contribution in [3.8, 4) is 12.1 Å². The molecule has 2 rings (SSSR count).